The summed E-state index contributed by atoms with van der Waals surface area (Å²) in [6, 6.07) is 3.47. The third kappa shape index (κ3) is 3.34. The highest BCUT2D eigenvalue weighted by atomic mass is 19.1. The molecule has 1 rings (SSSR count). The largest absolute Gasteiger partial charge is 0.481 e. The molecule has 0 saturated carbocycles. The van der Waals surface area contributed by atoms with E-state index in [-0.39, 0.29) is 24.5 Å². The molecule has 16 heavy (non-hydrogen) atoms. The van der Waals surface area contributed by atoms with Gasteiger partial charge in [0.05, 0.1) is 12.2 Å². The predicted molar refractivity (Wildman–Crippen MR) is 53.9 cm³/mol. The second-order valence-corrected chi connectivity index (χ2v) is 2.89. The lowest BCUT2D eigenvalue weighted by Crippen LogP contribution is -2.15. The van der Waals surface area contributed by atoms with E-state index in [4.69, 9.17) is 4.74 Å². The van der Waals surface area contributed by atoms with E-state index in [0.717, 1.165) is 12.1 Å². The summed E-state index contributed by atoms with van der Waals surface area (Å²) in [6.45, 7) is 1.62. The Morgan fingerprint density at radius 1 is 1.50 bits per heavy atom. The Bertz CT molecular complexity index is 390. The third-order valence-electron chi connectivity index (χ3n) is 1.75. The molecule has 86 valence electrons. The molecule has 0 aliphatic carbocycles. The van der Waals surface area contributed by atoms with Crippen LogP contribution in [0.5, 0.6) is 5.75 Å². The van der Waals surface area contributed by atoms with E-state index in [1.165, 1.54) is 6.07 Å². The van der Waals surface area contributed by atoms with Crippen molar-refractivity contribution in [2.45, 2.75) is 6.92 Å². The van der Waals surface area contributed by atoms with Crippen molar-refractivity contribution < 1.29 is 23.5 Å². The van der Waals surface area contributed by atoms with Crippen LogP contribution in [0.2, 0.25) is 0 Å². The molecule has 5 heteroatoms. The molecule has 0 N–H and O–H groups in total. The van der Waals surface area contributed by atoms with Crippen molar-refractivity contribution >= 4 is 12.3 Å². The molecular formula is C11H11FO4. The van der Waals surface area contributed by atoms with E-state index in [0.29, 0.717) is 6.29 Å². The lowest BCUT2D eigenvalue weighted by atomic mass is 10.2. The summed E-state index contributed by atoms with van der Waals surface area (Å²) < 4.78 is 22.4. The molecule has 0 unspecified atom stereocenters. The Kier molecular flexibility index (Phi) is 4.44. The molecular weight excluding hydrogens is 215 g/mol. The highest BCUT2D eigenvalue weighted by Crippen LogP contribution is 2.17. The van der Waals surface area contributed by atoms with E-state index in [1.54, 1.807) is 6.92 Å². The van der Waals surface area contributed by atoms with Gasteiger partial charge in [-0.25, -0.2) is 9.18 Å². The van der Waals surface area contributed by atoms with Gasteiger partial charge in [0.2, 0.25) is 0 Å². The zero-order valence-electron chi connectivity index (χ0n) is 8.73. The molecule has 0 aliphatic heterocycles. The van der Waals surface area contributed by atoms with Gasteiger partial charge in [-0.15, -0.1) is 0 Å². The maximum absolute atomic E-state index is 12.7. The lowest BCUT2D eigenvalue weighted by Gasteiger charge is -2.07. The standard InChI is InChI=1S/C11H11FO4/c1-2-15-11(14)7-16-10-4-3-9(12)5-8(10)6-13/h3-6H,2,7H2,1H3. The van der Waals surface area contributed by atoms with Crippen molar-refractivity contribution in [2.75, 3.05) is 13.2 Å². The van der Waals surface area contributed by atoms with Crippen molar-refractivity contribution in [3.05, 3.63) is 29.6 Å². The Morgan fingerprint density at radius 2 is 2.25 bits per heavy atom. The van der Waals surface area contributed by atoms with Gasteiger partial charge >= 0.3 is 5.97 Å². The molecule has 0 spiro atoms. The molecule has 1 aromatic rings. The zero-order chi connectivity index (χ0) is 12.0. The first-order valence-corrected chi connectivity index (χ1v) is 4.70. The van der Waals surface area contributed by atoms with Crippen molar-refractivity contribution in [1.82, 2.24) is 0 Å². The van der Waals surface area contributed by atoms with Crippen LogP contribution in [0.4, 0.5) is 4.39 Å². The van der Waals surface area contributed by atoms with Crippen molar-refractivity contribution in [1.29, 1.82) is 0 Å². The van der Waals surface area contributed by atoms with Gasteiger partial charge in [-0.2, -0.15) is 0 Å². The second kappa shape index (κ2) is 5.85. The summed E-state index contributed by atoms with van der Waals surface area (Å²) in [5.74, 6) is -0.918. The number of carbonyl (C=O) groups excluding carboxylic acids is 2. The Balaban J connectivity index is 2.66. The Morgan fingerprint density at radius 3 is 2.88 bits per heavy atom. The quantitative estimate of drug-likeness (QED) is 0.565. The van der Waals surface area contributed by atoms with E-state index in [2.05, 4.69) is 4.74 Å². The minimum atomic E-state index is -0.538. The van der Waals surface area contributed by atoms with E-state index in [9.17, 15) is 14.0 Å². The minimum absolute atomic E-state index is 0.0595. The number of halogens is 1. The van der Waals surface area contributed by atoms with Gasteiger partial charge < -0.3 is 9.47 Å². The smallest absolute Gasteiger partial charge is 0.344 e. The van der Waals surface area contributed by atoms with Crippen LogP contribution in [-0.2, 0) is 9.53 Å². The fraction of sp³-hybridized carbons (Fsp3) is 0.273. The van der Waals surface area contributed by atoms with Crippen LogP contribution in [0.1, 0.15) is 17.3 Å². The molecule has 0 aliphatic rings. The van der Waals surface area contributed by atoms with Crippen molar-refractivity contribution in [3.63, 3.8) is 0 Å². The molecule has 0 bridgehead atoms. The molecule has 1 aromatic carbocycles. The first-order chi connectivity index (χ1) is 7.67. The summed E-state index contributed by atoms with van der Waals surface area (Å²) in [5, 5.41) is 0. The number of carbonyl (C=O) groups is 2. The predicted octanol–water partition coefficient (Wildman–Crippen LogP) is 1.58. The Labute approximate surface area is 92.0 Å². The first-order valence-electron chi connectivity index (χ1n) is 4.70. The minimum Gasteiger partial charge on any atom is -0.481 e. The SMILES string of the molecule is CCOC(=O)COc1ccc(F)cc1C=O. The van der Waals surface area contributed by atoms with Gasteiger partial charge in [-0.1, -0.05) is 0 Å². The lowest BCUT2D eigenvalue weighted by molar-refractivity contribution is -0.145. The number of benzene rings is 1. The van der Waals surface area contributed by atoms with Gasteiger partial charge in [-0.3, -0.25) is 4.79 Å². The molecule has 4 nitrogen and oxygen atoms in total. The number of aldehydes is 1. The first kappa shape index (κ1) is 12.2. The monoisotopic (exact) mass is 226 g/mol. The summed E-state index contributed by atoms with van der Waals surface area (Å²) in [7, 11) is 0. The van der Waals surface area contributed by atoms with Crippen LogP contribution in [0.15, 0.2) is 18.2 Å². The van der Waals surface area contributed by atoms with Crippen LogP contribution in [0.3, 0.4) is 0 Å². The average Bonchev–Trinajstić information content (AvgIpc) is 2.27. The number of hydrogen-bond donors (Lipinski definition) is 0. The number of esters is 1. The molecule has 0 radical (unpaired) electrons. The van der Waals surface area contributed by atoms with Crippen LogP contribution >= 0.6 is 0 Å². The fourth-order valence-corrected chi connectivity index (χ4v) is 1.08. The molecule has 0 heterocycles. The third-order valence-corrected chi connectivity index (χ3v) is 1.75. The van der Waals surface area contributed by atoms with Gasteiger partial charge in [-0.05, 0) is 25.1 Å². The van der Waals surface area contributed by atoms with Gasteiger partial charge in [0.1, 0.15) is 11.6 Å². The maximum atomic E-state index is 12.7. The molecule has 0 saturated heterocycles. The van der Waals surface area contributed by atoms with Crippen molar-refractivity contribution in [3.8, 4) is 5.75 Å². The summed E-state index contributed by atoms with van der Waals surface area (Å²) in [4.78, 5) is 21.6. The average molecular weight is 226 g/mol. The van der Waals surface area contributed by atoms with Gasteiger partial charge in [0.25, 0.3) is 0 Å². The fourth-order valence-electron chi connectivity index (χ4n) is 1.08. The van der Waals surface area contributed by atoms with Crippen LogP contribution < -0.4 is 4.74 Å². The van der Waals surface area contributed by atoms with E-state index in [1.807, 2.05) is 0 Å². The zero-order valence-corrected chi connectivity index (χ0v) is 8.73. The van der Waals surface area contributed by atoms with E-state index >= 15 is 0 Å². The molecule has 0 atom stereocenters. The summed E-state index contributed by atoms with van der Waals surface area (Å²) in [5.41, 5.74) is 0.0595. The topological polar surface area (TPSA) is 52.6 Å². The summed E-state index contributed by atoms with van der Waals surface area (Å²) in [6.07, 6.45) is 0.462. The highest BCUT2D eigenvalue weighted by Gasteiger charge is 2.07. The number of rotatable bonds is 5. The van der Waals surface area contributed by atoms with Gasteiger partial charge in [0, 0.05) is 0 Å². The summed E-state index contributed by atoms with van der Waals surface area (Å²) >= 11 is 0. The molecule has 0 amide bonds. The van der Waals surface area contributed by atoms with Crippen molar-refractivity contribution in [2.24, 2.45) is 0 Å². The van der Waals surface area contributed by atoms with Crippen LogP contribution in [0, 0.1) is 5.82 Å². The van der Waals surface area contributed by atoms with Crippen LogP contribution in [0.25, 0.3) is 0 Å². The molecule has 0 fully saturated rings. The second-order valence-electron chi connectivity index (χ2n) is 2.89. The maximum Gasteiger partial charge on any atom is 0.344 e. The van der Waals surface area contributed by atoms with Crippen LogP contribution in [-0.4, -0.2) is 25.5 Å². The Hall–Kier alpha value is -1.91. The highest BCUT2D eigenvalue weighted by molar-refractivity contribution is 5.79. The van der Waals surface area contributed by atoms with E-state index < -0.39 is 11.8 Å². The molecule has 0 aromatic heterocycles. The number of hydrogen-bond acceptors (Lipinski definition) is 4. The van der Waals surface area contributed by atoms with Gasteiger partial charge in [0.15, 0.2) is 12.9 Å². The number of ether oxygens (including phenoxy) is 2. The normalized spacial score (nSPS) is 9.62.